The number of carbonyl (C=O) groups is 1. The van der Waals surface area contributed by atoms with Crippen LogP contribution in [0.4, 0.5) is 0 Å². The lowest BCUT2D eigenvalue weighted by Crippen LogP contribution is -2.32. The number of nitrogens with zero attached hydrogens (tertiary/aromatic N) is 2. The molecule has 0 fully saturated rings. The summed E-state index contributed by atoms with van der Waals surface area (Å²) in [6.45, 7) is 3.99. The van der Waals surface area contributed by atoms with Gasteiger partial charge in [0.2, 0.25) is 0 Å². The molecule has 0 amide bonds. The summed E-state index contributed by atoms with van der Waals surface area (Å²) in [5.74, 6) is 0.0893. The maximum atomic E-state index is 13.0. The van der Waals surface area contributed by atoms with Crippen LogP contribution in [0.25, 0.3) is 22.0 Å². The predicted molar refractivity (Wildman–Crippen MR) is 130 cm³/mol. The molecule has 0 radical (unpaired) electrons. The summed E-state index contributed by atoms with van der Waals surface area (Å²) in [6, 6.07) is 21.7. The zero-order valence-electron chi connectivity index (χ0n) is 19.1. The molecule has 1 aromatic heterocycles. The third-order valence-electron chi connectivity index (χ3n) is 5.38. The maximum absolute atomic E-state index is 13.0. The van der Waals surface area contributed by atoms with E-state index in [0.717, 1.165) is 16.5 Å². The number of hydrogen-bond donors (Lipinski definition) is 1. The summed E-state index contributed by atoms with van der Waals surface area (Å²) >= 11 is 0. The van der Waals surface area contributed by atoms with E-state index in [1.807, 2.05) is 49.4 Å². The van der Waals surface area contributed by atoms with Crippen molar-refractivity contribution in [2.45, 2.75) is 26.5 Å². The smallest absolute Gasteiger partial charge is 0.338 e. The first-order valence-corrected chi connectivity index (χ1v) is 11.1. The maximum Gasteiger partial charge on any atom is 0.338 e. The van der Waals surface area contributed by atoms with Gasteiger partial charge in [-0.2, -0.15) is 5.10 Å². The molecule has 3 aromatic carbocycles. The van der Waals surface area contributed by atoms with E-state index in [1.54, 1.807) is 37.3 Å². The van der Waals surface area contributed by atoms with E-state index >= 15 is 0 Å². The second-order valence-electron chi connectivity index (χ2n) is 7.96. The van der Waals surface area contributed by atoms with Gasteiger partial charge in [0.25, 0.3) is 5.56 Å². The van der Waals surface area contributed by atoms with Gasteiger partial charge in [-0.1, -0.05) is 48.0 Å². The van der Waals surface area contributed by atoms with Gasteiger partial charge in [-0.25, -0.2) is 9.48 Å². The zero-order valence-corrected chi connectivity index (χ0v) is 19.1. The average Bonchev–Trinajstić information content (AvgIpc) is 2.85. The number of ether oxygens (including phenoxy) is 2. The van der Waals surface area contributed by atoms with Crippen molar-refractivity contribution in [3.05, 3.63) is 94.3 Å². The fourth-order valence-electron chi connectivity index (χ4n) is 3.63. The summed E-state index contributed by atoms with van der Waals surface area (Å²) in [7, 11) is 0. The van der Waals surface area contributed by atoms with Crippen LogP contribution in [0.2, 0.25) is 0 Å². The first-order chi connectivity index (χ1) is 16.5. The molecule has 0 aliphatic heterocycles. The van der Waals surface area contributed by atoms with Crippen LogP contribution >= 0.6 is 0 Å². The van der Waals surface area contributed by atoms with Gasteiger partial charge in [-0.05, 0) is 44.2 Å². The van der Waals surface area contributed by atoms with Crippen LogP contribution in [0.3, 0.4) is 0 Å². The van der Waals surface area contributed by atoms with Crippen LogP contribution in [0.15, 0.2) is 77.6 Å². The first-order valence-electron chi connectivity index (χ1n) is 11.1. The van der Waals surface area contributed by atoms with Crippen molar-refractivity contribution >= 4 is 16.7 Å². The molecule has 1 unspecified atom stereocenters. The monoisotopic (exact) mass is 458 g/mol. The average molecular weight is 459 g/mol. The molecular formula is C27H26N2O5. The number of aromatic nitrogens is 2. The van der Waals surface area contributed by atoms with Gasteiger partial charge in [0.15, 0.2) is 0 Å². The van der Waals surface area contributed by atoms with Gasteiger partial charge in [-0.15, -0.1) is 0 Å². The highest BCUT2D eigenvalue weighted by Gasteiger charge is 2.15. The second kappa shape index (κ2) is 10.3. The number of esters is 1. The molecule has 0 aliphatic carbocycles. The number of aryl methyl sites for hydroxylation is 1. The Morgan fingerprint density at radius 1 is 1.00 bits per heavy atom. The minimum absolute atomic E-state index is 0.0244. The summed E-state index contributed by atoms with van der Waals surface area (Å²) in [4.78, 5) is 24.8. The van der Waals surface area contributed by atoms with E-state index in [2.05, 4.69) is 5.10 Å². The number of hydrogen-bond acceptors (Lipinski definition) is 6. The molecule has 7 heteroatoms. The molecule has 1 heterocycles. The lowest BCUT2D eigenvalue weighted by molar-refractivity contribution is 0.0526. The molecule has 1 atom stereocenters. The molecule has 0 aliphatic rings. The van der Waals surface area contributed by atoms with Crippen molar-refractivity contribution in [2.24, 2.45) is 0 Å². The van der Waals surface area contributed by atoms with Crippen molar-refractivity contribution < 1.29 is 19.4 Å². The highest BCUT2D eigenvalue weighted by Crippen LogP contribution is 2.25. The van der Waals surface area contributed by atoms with Crippen molar-refractivity contribution in [2.75, 3.05) is 13.2 Å². The highest BCUT2D eigenvalue weighted by molar-refractivity contribution is 5.93. The van der Waals surface area contributed by atoms with Crippen LogP contribution in [0.1, 0.15) is 22.8 Å². The zero-order chi connectivity index (χ0) is 24.1. The highest BCUT2D eigenvalue weighted by atomic mass is 16.5. The Kier molecular flexibility index (Phi) is 7.04. The predicted octanol–water partition coefficient (Wildman–Crippen LogP) is 3.99. The van der Waals surface area contributed by atoms with Crippen molar-refractivity contribution in [1.82, 2.24) is 9.78 Å². The summed E-state index contributed by atoms with van der Waals surface area (Å²) in [5.41, 5.74) is 2.85. The standard InChI is InChI=1S/C27H26N2O5/c1-3-33-27(32)20-12-14-22(15-13-20)34-17-21(30)16-29-26(31)24-7-5-4-6-23(24)25(28-29)19-10-8-18(2)9-11-19/h4-15,21,30H,3,16-17H2,1-2H3. The SMILES string of the molecule is CCOC(=O)c1ccc(OCC(O)Cn2nc(-c3ccc(C)cc3)c3ccccc3c2=O)cc1. The number of rotatable bonds is 8. The van der Waals surface area contributed by atoms with E-state index in [1.165, 1.54) is 4.68 Å². The number of aliphatic hydroxyl groups is 1. The molecule has 34 heavy (non-hydrogen) atoms. The minimum atomic E-state index is -0.970. The van der Waals surface area contributed by atoms with Crippen LogP contribution in [0.5, 0.6) is 5.75 Å². The Labute approximate surface area is 197 Å². The van der Waals surface area contributed by atoms with Crippen LogP contribution in [-0.4, -0.2) is 40.2 Å². The quantitative estimate of drug-likeness (QED) is 0.402. The molecule has 4 rings (SSSR count). The van der Waals surface area contributed by atoms with E-state index in [0.29, 0.717) is 29.0 Å². The second-order valence-corrected chi connectivity index (χ2v) is 7.96. The molecule has 0 spiro atoms. The van der Waals surface area contributed by atoms with Crippen molar-refractivity contribution in [3.63, 3.8) is 0 Å². The van der Waals surface area contributed by atoms with E-state index in [4.69, 9.17) is 9.47 Å². The van der Waals surface area contributed by atoms with Crippen molar-refractivity contribution in [3.8, 4) is 17.0 Å². The number of aliphatic hydroxyl groups excluding tert-OH is 1. The lowest BCUT2D eigenvalue weighted by atomic mass is 10.0. The number of carbonyl (C=O) groups excluding carboxylic acids is 1. The molecule has 174 valence electrons. The van der Waals surface area contributed by atoms with E-state index in [-0.39, 0.29) is 18.7 Å². The van der Waals surface area contributed by atoms with Crippen LogP contribution in [0, 0.1) is 6.92 Å². The molecule has 1 N–H and O–H groups in total. The Hall–Kier alpha value is -3.97. The summed E-state index contributed by atoms with van der Waals surface area (Å²) in [5, 5.41) is 16.5. The Morgan fingerprint density at radius 3 is 2.35 bits per heavy atom. The van der Waals surface area contributed by atoms with E-state index < -0.39 is 12.1 Å². The third-order valence-corrected chi connectivity index (χ3v) is 5.38. The number of fused-ring (bicyclic) bond motifs is 1. The normalized spacial score (nSPS) is 11.9. The molecule has 0 saturated heterocycles. The largest absolute Gasteiger partial charge is 0.491 e. The first kappa shape index (κ1) is 23.2. The van der Waals surface area contributed by atoms with Crippen molar-refractivity contribution in [1.29, 1.82) is 0 Å². The number of benzene rings is 3. The van der Waals surface area contributed by atoms with Gasteiger partial charge in [0.05, 0.1) is 29.8 Å². The lowest BCUT2D eigenvalue weighted by Gasteiger charge is -2.16. The minimum Gasteiger partial charge on any atom is -0.491 e. The molecule has 7 nitrogen and oxygen atoms in total. The summed E-state index contributed by atoms with van der Waals surface area (Å²) in [6.07, 6.45) is -0.970. The molecule has 0 bridgehead atoms. The third kappa shape index (κ3) is 5.15. The molecule has 0 saturated carbocycles. The summed E-state index contributed by atoms with van der Waals surface area (Å²) < 4.78 is 11.9. The van der Waals surface area contributed by atoms with Gasteiger partial charge in [0.1, 0.15) is 18.5 Å². The Bertz CT molecular complexity index is 1340. The van der Waals surface area contributed by atoms with Crippen LogP contribution in [-0.2, 0) is 11.3 Å². The van der Waals surface area contributed by atoms with Gasteiger partial charge in [0, 0.05) is 10.9 Å². The van der Waals surface area contributed by atoms with Gasteiger partial charge in [-0.3, -0.25) is 4.79 Å². The van der Waals surface area contributed by atoms with Crippen LogP contribution < -0.4 is 10.3 Å². The molecular weight excluding hydrogens is 432 g/mol. The van der Waals surface area contributed by atoms with Gasteiger partial charge >= 0.3 is 5.97 Å². The topological polar surface area (TPSA) is 90.7 Å². The Balaban J connectivity index is 1.52. The fourth-order valence-corrected chi connectivity index (χ4v) is 3.63. The molecule has 4 aromatic rings. The van der Waals surface area contributed by atoms with Gasteiger partial charge < -0.3 is 14.6 Å². The van der Waals surface area contributed by atoms with E-state index in [9.17, 15) is 14.7 Å². The fraction of sp³-hybridized carbons (Fsp3) is 0.222. The Morgan fingerprint density at radius 2 is 1.68 bits per heavy atom.